The topological polar surface area (TPSA) is 140 Å². The summed E-state index contributed by atoms with van der Waals surface area (Å²) in [5.41, 5.74) is 2.60. The van der Waals surface area contributed by atoms with Gasteiger partial charge in [-0.2, -0.15) is 0 Å². The van der Waals surface area contributed by atoms with Gasteiger partial charge in [-0.25, -0.2) is 14.4 Å². The van der Waals surface area contributed by atoms with Crippen LogP contribution in [0.25, 0.3) is 18.2 Å². The van der Waals surface area contributed by atoms with E-state index in [2.05, 4.69) is 19.7 Å². The number of allylic oxidation sites excluding steroid dienone is 3. The zero-order chi connectivity index (χ0) is 51.6. The molecule has 3 aromatic carbocycles. The molecule has 390 valence electrons. The van der Waals surface area contributed by atoms with Crippen molar-refractivity contribution in [2.75, 3.05) is 19.8 Å². The number of unbranched alkanes of at least 4 members (excludes halogenated alkanes) is 3. The van der Waals surface area contributed by atoms with Gasteiger partial charge >= 0.3 is 17.9 Å². The molecule has 0 amide bonds. The molecule has 0 unspecified atom stereocenters. The molecular weight excluding hydrogens is 901 g/mol. The minimum atomic E-state index is -0.936. The first-order valence-corrected chi connectivity index (χ1v) is 26.8. The van der Waals surface area contributed by atoms with Gasteiger partial charge in [-0.15, -0.1) is 19.7 Å². The summed E-state index contributed by atoms with van der Waals surface area (Å²) in [7, 11) is 0. The van der Waals surface area contributed by atoms with Crippen molar-refractivity contribution < 1.29 is 43.9 Å². The van der Waals surface area contributed by atoms with Crippen LogP contribution in [0.2, 0.25) is 0 Å². The summed E-state index contributed by atoms with van der Waals surface area (Å²) in [5.74, 6) is 4.40. The van der Waals surface area contributed by atoms with Crippen LogP contribution < -0.4 is 14.2 Å². The molecule has 0 atom stereocenters. The average molecular weight is 985 g/mol. The van der Waals surface area contributed by atoms with Crippen molar-refractivity contribution >= 4 is 36.1 Å². The highest BCUT2D eigenvalue weighted by molar-refractivity contribution is 5.86. The highest BCUT2D eigenvalue weighted by Crippen LogP contribution is 2.35. The number of ether oxygens (including phenoxy) is 3. The van der Waals surface area contributed by atoms with Crippen LogP contribution in [-0.2, 0) is 14.4 Å². The second kappa shape index (κ2) is 35.1. The Hall–Kier alpha value is -6.09. The van der Waals surface area contributed by atoms with Crippen LogP contribution in [0.4, 0.5) is 0 Å². The molecule has 9 heteroatoms. The van der Waals surface area contributed by atoms with Crippen molar-refractivity contribution in [1.29, 1.82) is 0 Å². The minimum Gasteiger partial charge on any atom is -0.493 e. The Kier molecular flexibility index (Phi) is 28.5. The molecule has 0 aromatic heterocycles. The first-order chi connectivity index (χ1) is 35.0. The van der Waals surface area contributed by atoms with E-state index >= 15 is 0 Å². The maximum Gasteiger partial charge on any atom is 0.328 e. The summed E-state index contributed by atoms with van der Waals surface area (Å²) in [5, 5.41) is 25.9. The molecule has 0 radical (unpaired) electrons. The highest BCUT2D eigenvalue weighted by atomic mass is 16.5. The lowest BCUT2D eigenvalue weighted by Crippen LogP contribution is -2.20. The molecule has 0 heterocycles. The molecule has 6 rings (SSSR count). The van der Waals surface area contributed by atoms with Crippen molar-refractivity contribution in [1.82, 2.24) is 0 Å². The predicted octanol–water partition coefficient (Wildman–Crippen LogP) is 16.0. The molecule has 9 nitrogen and oxygen atoms in total. The Balaban J connectivity index is 0.000000235. The standard InChI is InChI=1S/C22H30O3.C21H28O3.C20H26O3/c1-2-3-4-5-6-18-7-9-20(10-8-18)17-25-21-14-11-19(12-15-21)13-16-22(23)24;1-2-3-4-5-17-6-8-19(9-7-17)16-24-20-13-10-18(11-14-20)12-15-21(22)23;1-2-3-4-16-5-7-18(8-6-16)15-23-19-12-9-17(10-13-19)11-14-20(21)22/h2,11-16,18,20H,1,3-10,17H2,(H,23,24);2,10-15,17,19H,1,3-9,16H2,(H,22,23);2,9-14,16,18H,1,3-8,15H2,(H,21,22)/b16-13+;15-12+;14-11+. The highest BCUT2D eigenvalue weighted by Gasteiger charge is 2.23. The van der Waals surface area contributed by atoms with Gasteiger partial charge in [0.2, 0.25) is 0 Å². The molecular formula is C63H84O9. The zero-order valence-corrected chi connectivity index (χ0v) is 43.0. The van der Waals surface area contributed by atoms with Crippen LogP contribution in [0.15, 0.2) is 129 Å². The Morgan fingerprint density at radius 2 is 0.667 bits per heavy atom. The summed E-state index contributed by atoms with van der Waals surface area (Å²) < 4.78 is 17.7. The fraction of sp³-hybridized carbons (Fsp3) is 0.476. The van der Waals surface area contributed by atoms with E-state index in [4.69, 9.17) is 29.5 Å². The number of aliphatic carboxylic acids is 3. The van der Waals surface area contributed by atoms with E-state index in [1.165, 1.54) is 116 Å². The third-order valence-electron chi connectivity index (χ3n) is 14.3. The molecule has 3 aromatic rings. The van der Waals surface area contributed by atoms with Gasteiger partial charge in [0.25, 0.3) is 0 Å². The van der Waals surface area contributed by atoms with Gasteiger partial charge in [-0.05, 0) is 184 Å². The van der Waals surface area contributed by atoms with Gasteiger partial charge in [0.1, 0.15) is 17.2 Å². The Morgan fingerprint density at radius 3 is 0.972 bits per heavy atom. The fourth-order valence-electron chi connectivity index (χ4n) is 9.86. The molecule has 72 heavy (non-hydrogen) atoms. The van der Waals surface area contributed by atoms with Crippen molar-refractivity contribution in [2.45, 2.75) is 135 Å². The van der Waals surface area contributed by atoms with E-state index in [0.717, 1.165) is 109 Å². The fourth-order valence-corrected chi connectivity index (χ4v) is 9.86. The first-order valence-electron chi connectivity index (χ1n) is 26.8. The lowest BCUT2D eigenvalue weighted by molar-refractivity contribution is -0.132. The van der Waals surface area contributed by atoms with Crippen molar-refractivity contribution in [3.8, 4) is 17.2 Å². The predicted molar refractivity (Wildman–Crippen MR) is 294 cm³/mol. The summed E-state index contributed by atoms with van der Waals surface area (Å²) in [6, 6.07) is 22.7. The van der Waals surface area contributed by atoms with Gasteiger partial charge in [0, 0.05) is 18.2 Å². The molecule has 0 spiro atoms. The lowest BCUT2D eigenvalue weighted by Gasteiger charge is -2.28. The van der Waals surface area contributed by atoms with E-state index in [9.17, 15) is 14.4 Å². The molecule has 0 aliphatic heterocycles. The first kappa shape index (κ1) is 58.5. The third-order valence-corrected chi connectivity index (χ3v) is 14.3. The van der Waals surface area contributed by atoms with Crippen molar-refractivity contribution in [3.63, 3.8) is 0 Å². The van der Waals surface area contributed by atoms with Gasteiger partial charge in [0.15, 0.2) is 0 Å². The molecule has 3 fully saturated rings. The van der Waals surface area contributed by atoms with Gasteiger partial charge < -0.3 is 29.5 Å². The smallest absolute Gasteiger partial charge is 0.328 e. The van der Waals surface area contributed by atoms with E-state index in [0.29, 0.717) is 17.8 Å². The van der Waals surface area contributed by atoms with E-state index in [1.54, 1.807) is 18.2 Å². The van der Waals surface area contributed by atoms with Gasteiger partial charge in [-0.3, -0.25) is 0 Å². The van der Waals surface area contributed by atoms with E-state index < -0.39 is 17.9 Å². The number of carboxylic acid groups (broad SMARTS) is 3. The molecule has 0 bridgehead atoms. The Bertz CT molecular complexity index is 2090. The van der Waals surface area contributed by atoms with Crippen LogP contribution in [0.5, 0.6) is 17.2 Å². The lowest BCUT2D eigenvalue weighted by atomic mass is 9.80. The van der Waals surface area contributed by atoms with Crippen LogP contribution in [0.1, 0.15) is 152 Å². The minimum absolute atomic E-state index is 0.654. The number of carbonyl (C=O) groups is 3. The Morgan fingerprint density at radius 1 is 0.389 bits per heavy atom. The largest absolute Gasteiger partial charge is 0.493 e. The third kappa shape index (κ3) is 25.9. The van der Waals surface area contributed by atoms with Crippen LogP contribution in [0.3, 0.4) is 0 Å². The monoisotopic (exact) mass is 985 g/mol. The molecule has 0 saturated heterocycles. The van der Waals surface area contributed by atoms with Crippen LogP contribution >= 0.6 is 0 Å². The number of benzene rings is 3. The molecule has 3 N–H and O–H groups in total. The summed E-state index contributed by atoms with van der Waals surface area (Å²) in [4.78, 5) is 31.5. The van der Waals surface area contributed by atoms with E-state index in [-0.39, 0.29) is 0 Å². The second-order valence-electron chi connectivity index (χ2n) is 20.0. The van der Waals surface area contributed by atoms with Crippen molar-refractivity contribution in [2.24, 2.45) is 35.5 Å². The van der Waals surface area contributed by atoms with Gasteiger partial charge in [0.05, 0.1) is 19.8 Å². The zero-order valence-electron chi connectivity index (χ0n) is 43.0. The Labute approximate surface area is 431 Å². The second-order valence-corrected chi connectivity index (χ2v) is 20.0. The normalized spacial score (nSPS) is 20.8. The number of hydrogen-bond acceptors (Lipinski definition) is 6. The summed E-state index contributed by atoms with van der Waals surface area (Å²) >= 11 is 0. The SMILES string of the molecule is C=CCCC1CCC(COc2ccc(/C=C/C(=O)O)cc2)CC1.C=CCCCC1CCC(COc2ccc(/C=C/C(=O)O)cc2)CC1.C=CCCCCC1CCC(COc2ccc(/C=C/C(=O)O)cc2)CC1. The number of rotatable bonds is 27. The maximum absolute atomic E-state index is 10.5. The quantitative estimate of drug-likeness (QED) is 0.0387. The maximum atomic E-state index is 10.5. The molecule has 3 aliphatic rings. The summed E-state index contributed by atoms with van der Waals surface area (Å²) in [6.45, 7) is 13.7. The molecule has 3 aliphatic carbocycles. The summed E-state index contributed by atoms with van der Waals surface area (Å²) in [6.07, 6.45) is 41.0. The van der Waals surface area contributed by atoms with Crippen molar-refractivity contribution in [3.05, 3.63) is 146 Å². The average Bonchev–Trinajstić information content (AvgIpc) is 3.40. The number of hydrogen-bond donors (Lipinski definition) is 3. The van der Waals surface area contributed by atoms with E-state index in [1.807, 2.05) is 91.0 Å². The van der Waals surface area contributed by atoms with Crippen LogP contribution in [0, 0.1) is 35.5 Å². The van der Waals surface area contributed by atoms with Gasteiger partial charge in [-0.1, -0.05) is 112 Å². The van der Waals surface area contributed by atoms with Crippen LogP contribution in [-0.4, -0.2) is 53.0 Å². The number of carboxylic acids is 3. The molecule has 3 saturated carbocycles.